The summed E-state index contributed by atoms with van der Waals surface area (Å²) in [7, 11) is 0. The first-order valence-corrected chi connectivity index (χ1v) is 7.33. The maximum Gasteiger partial charge on any atom is 0.248 e. The quantitative estimate of drug-likeness (QED) is 0.577. The number of phenolic OH excluding ortho intramolecular Hbond substituents is 1. The minimum Gasteiger partial charge on any atom is -0.506 e. The van der Waals surface area contributed by atoms with Crippen molar-refractivity contribution in [3.05, 3.63) is 63.8 Å². The molecule has 0 aliphatic heterocycles. The van der Waals surface area contributed by atoms with Gasteiger partial charge in [-0.2, -0.15) is 0 Å². The van der Waals surface area contributed by atoms with Gasteiger partial charge in [0.2, 0.25) is 5.56 Å². The Labute approximate surface area is 132 Å². The zero-order chi connectivity index (χ0) is 16.4. The molecule has 1 atom stereocenters. The van der Waals surface area contributed by atoms with Crippen molar-refractivity contribution in [3.63, 3.8) is 0 Å². The summed E-state index contributed by atoms with van der Waals surface area (Å²) in [6, 6.07) is 9.86. The second kappa shape index (κ2) is 6.28. The summed E-state index contributed by atoms with van der Waals surface area (Å²) in [5.41, 5.74) is 0.665. The fourth-order valence-corrected chi connectivity index (χ4v) is 2.57. The Balaban J connectivity index is 1.77. The number of benzene rings is 1. The van der Waals surface area contributed by atoms with Crippen molar-refractivity contribution < 1.29 is 14.6 Å². The van der Waals surface area contributed by atoms with E-state index in [-0.39, 0.29) is 11.3 Å². The highest BCUT2D eigenvalue weighted by Gasteiger charge is 2.14. The highest BCUT2D eigenvalue weighted by atomic mass is 16.3. The van der Waals surface area contributed by atoms with Gasteiger partial charge in [0.15, 0.2) is 0 Å². The number of hydrogen-bond acceptors (Lipinski definition) is 5. The number of aromatic nitrogens is 1. The Hall–Kier alpha value is -2.57. The molecule has 0 saturated carbocycles. The van der Waals surface area contributed by atoms with E-state index in [9.17, 15) is 15.0 Å². The number of H-pyrrole nitrogens is 1. The molecule has 6 nitrogen and oxygen atoms in total. The third kappa shape index (κ3) is 3.28. The fraction of sp³-hybridized carbons (Fsp3) is 0.235. The molecule has 2 heterocycles. The van der Waals surface area contributed by atoms with Crippen LogP contribution >= 0.6 is 0 Å². The van der Waals surface area contributed by atoms with Crippen molar-refractivity contribution in [2.45, 2.75) is 19.6 Å². The highest BCUT2D eigenvalue weighted by molar-refractivity contribution is 5.87. The highest BCUT2D eigenvalue weighted by Crippen LogP contribution is 2.28. The minimum absolute atomic E-state index is 0.0207. The van der Waals surface area contributed by atoms with E-state index in [2.05, 4.69) is 10.3 Å². The SMILES string of the molecule is Cc1ccc(CNC[C@H](O)c2ccc(O)c3[nH]c(=O)ccc23)o1. The molecule has 0 bridgehead atoms. The predicted octanol–water partition coefficient (Wildman–Crippen LogP) is 1.96. The smallest absolute Gasteiger partial charge is 0.248 e. The molecular weight excluding hydrogens is 296 g/mol. The molecule has 0 spiro atoms. The summed E-state index contributed by atoms with van der Waals surface area (Å²) in [5, 5.41) is 24.0. The van der Waals surface area contributed by atoms with Gasteiger partial charge in [0.25, 0.3) is 0 Å². The third-order valence-electron chi connectivity index (χ3n) is 3.70. The Morgan fingerprint density at radius 1 is 1.22 bits per heavy atom. The van der Waals surface area contributed by atoms with Crippen LogP contribution < -0.4 is 10.9 Å². The van der Waals surface area contributed by atoms with Gasteiger partial charge in [-0.3, -0.25) is 4.79 Å². The number of furan rings is 1. The lowest BCUT2D eigenvalue weighted by atomic mass is 10.0. The van der Waals surface area contributed by atoms with Gasteiger partial charge >= 0.3 is 0 Å². The zero-order valence-corrected chi connectivity index (χ0v) is 12.7. The Morgan fingerprint density at radius 2 is 2.04 bits per heavy atom. The summed E-state index contributed by atoms with van der Waals surface area (Å²) in [5.74, 6) is 1.62. The molecule has 0 aliphatic carbocycles. The number of fused-ring (bicyclic) bond motifs is 1. The lowest BCUT2D eigenvalue weighted by Crippen LogP contribution is -2.21. The van der Waals surface area contributed by atoms with Crippen LogP contribution in [0, 0.1) is 6.92 Å². The molecule has 23 heavy (non-hydrogen) atoms. The molecule has 1 aromatic carbocycles. The molecule has 0 amide bonds. The number of pyridine rings is 1. The summed E-state index contributed by atoms with van der Waals surface area (Å²) >= 11 is 0. The molecule has 0 saturated heterocycles. The number of nitrogens with one attached hydrogen (secondary N) is 2. The van der Waals surface area contributed by atoms with Crippen LogP contribution in [0.3, 0.4) is 0 Å². The maximum absolute atomic E-state index is 11.4. The normalized spacial score (nSPS) is 12.6. The largest absolute Gasteiger partial charge is 0.506 e. The van der Waals surface area contributed by atoms with Gasteiger partial charge < -0.3 is 24.9 Å². The number of aliphatic hydroxyl groups is 1. The molecule has 3 rings (SSSR count). The van der Waals surface area contributed by atoms with Crippen LogP contribution in [0.4, 0.5) is 0 Å². The van der Waals surface area contributed by atoms with Crippen LogP contribution in [-0.2, 0) is 6.54 Å². The van der Waals surface area contributed by atoms with Crippen molar-refractivity contribution in [1.82, 2.24) is 10.3 Å². The minimum atomic E-state index is -0.778. The van der Waals surface area contributed by atoms with Gasteiger partial charge in [0, 0.05) is 18.0 Å². The number of phenols is 1. The summed E-state index contributed by atoms with van der Waals surface area (Å²) in [6.07, 6.45) is -0.778. The van der Waals surface area contributed by atoms with Gasteiger partial charge in [0.05, 0.1) is 18.2 Å². The van der Waals surface area contributed by atoms with E-state index in [1.807, 2.05) is 19.1 Å². The van der Waals surface area contributed by atoms with Crippen LogP contribution in [0.2, 0.25) is 0 Å². The molecule has 0 aliphatic rings. The van der Waals surface area contributed by atoms with Crippen LogP contribution in [0.1, 0.15) is 23.2 Å². The Morgan fingerprint density at radius 3 is 2.78 bits per heavy atom. The van der Waals surface area contributed by atoms with Crippen LogP contribution in [-0.4, -0.2) is 21.7 Å². The second-order valence-electron chi connectivity index (χ2n) is 5.44. The fourth-order valence-electron chi connectivity index (χ4n) is 2.57. The number of aromatic hydroxyl groups is 1. The first kappa shape index (κ1) is 15.3. The van der Waals surface area contributed by atoms with Crippen molar-refractivity contribution in [2.24, 2.45) is 0 Å². The van der Waals surface area contributed by atoms with Gasteiger partial charge in [-0.25, -0.2) is 0 Å². The number of rotatable bonds is 5. The number of aryl methyl sites for hydroxylation is 1. The standard InChI is InChI=1S/C17H18N2O4/c1-10-2-3-11(23-10)8-18-9-15(21)12-4-6-14(20)17-13(12)5-7-16(22)19-17/h2-7,15,18,20-21H,8-9H2,1H3,(H,19,22)/t15-/m0/s1. The average Bonchev–Trinajstić information content (AvgIpc) is 2.93. The molecule has 0 fully saturated rings. The second-order valence-corrected chi connectivity index (χ2v) is 5.44. The van der Waals surface area contributed by atoms with Crippen LogP contribution in [0.15, 0.2) is 45.6 Å². The average molecular weight is 314 g/mol. The van der Waals surface area contributed by atoms with E-state index in [1.54, 1.807) is 12.1 Å². The Kier molecular flexibility index (Phi) is 4.18. The summed E-state index contributed by atoms with van der Waals surface area (Å²) in [4.78, 5) is 14.0. The molecule has 6 heteroatoms. The van der Waals surface area contributed by atoms with Gasteiger partial charge in [-0.15, -0.1) is 0 Å². The first-order valence-electron chi connectivity index (χ1n) is 7.33. The van der Waals surface area contributed by atoms with Crippen molar-refractivity contribution in [3.8, 4) is 5.75 Å². The van der Waals surface area contributed by atoms with Gasteiger partial charge in [0.1, 0.15) is 17.3 Å². The zero-order valence-electron chi connectivity index (χ0n) is 12.7. The summed E-state index contributed by atoms with van der Waals surface area (Å²) in [6.45, 7) is 2.71. The molecule has 4 N–H and O–H groups in total. The topological polar surface area (TPSA) is 98.5 Å². The van der Waals surface area contributed by atoms with Crippen molar-refractivity contribution in [1.29, 1.82) is 0 Å². The van der Waals surface area contributed by atoms with Crippen molar-refractivity contribution in [2.75, 3.05) is 6.54 Å². The third-order valence-corrected chi connectivity index (χ3v) is 3.70. The molecular formula is C17H18N2O4. The predicted molar refractivity (Wildman–Crippen MR) is 86.3 cm³/mol. The molecule has 0 radical (unpaired) electrons. The first-order chi connectivity index (χ1) is 11.0. The molecule has 0 unspecified atom stereocenters. The summed E-state index contributed by atoms with van der Waals surface area (Å²) < 4.78 is 5.45. The van der Waals surface area contributed by atoms with Gasteiger partial charge in [-0.1, -0.05) is 6.07 Å². The Bertz CT molecular complexity index is 882. The van der Waals surface area contributed by atoms with E-state index >= 15 is 0 Å². The van der Waals surface area contributed by atoms with E-state index in [0.29, 0.717) is 29.6 Å². The number of hydrogen-bond donors (Lipinski definition) is 4. The van der Waals surface area contributed by atoms with E-state index in [1.165, 1.54) is 12.1 Å². The van der Waals surface area contributed by atoms with Gasteiger partial charge in [-0.05, 0) is 36.8 Å². The van der Waals surface area contributed by atoms with Crippen LogP contribution in [0.25, 0.3) is 10.9 Å². The lowest BCUT2D eigenvalue weighted by molar-refractivity contribution is 0.175. The van der Waals surface area contributed by atoms with Crippen LogP contribution in [0.5, 0.6) is 5.75 Å². The lowest BCUT2D eigenvalue weighted by Gasteiger charge is -2.14. The molecule has 3 aromatic rings. The maximum atomic E-state index is 11.4. The number of aliphatic hydroxyl groups excluding tert-OH is 1. The number of aromatic amines is 1. The van der Waals surface area contributed by atoms with Crippen molar-refractivity contribution >= 4 is 10.9 Å². The molecule has 2 aromatic heterocycles. The molecule has 120 valence electrons. The monoisotopic (exact) mass is 314 g/mol. The van der Waals surface area contributed by atoms with E-state index in [0.717, 1.165) is 11.5 Å². The van der Waals surface area contributed by atoms with E-state index in [4.69, 9.17) is 4.42 Å². The van der Waals surface area contributed by atoms with E-state index < -0.39 is 6.10 Å².